The zero-order chi connectivity index (χ0) is 26.8. The number of aromatic nitrogens is 3. The molecule has 1 fully saturated rings. The predicted octanol–water partition coefficient (Wildman–Crippen LogP) is 5.07. The molecule has 1 amide bonds. The molecule has 1 N–H and O–H groups in total. The third-order valence-corrected chi connectivity index (χ3v) is 8.03. The van der Waals surface area contributed by atoms with Crippen LogP contribution in [0.3, 0.4) is 0 Å². The van der Waals surface area contributed by atoms with Gasteiger partial charge >= 0.3 is 5.91 Å². The highest BCUT2D eigenvalue weighted by molar-refractivity contribution is 8.00. The number of Topliss-reactive ketones (excluding diaryl/α,β-unsaturated/α-hetero) is 1. The molecule has 3 heterocycles. The Morgan fingerprint density at radius 3 is 2.39 bits per heavy atom. The van der Waals surface area contributed by atoms with E-state index in [1.165, 1.54) is 65.5 Å². The van der Waals surface area contributed by atoms with Crippen LogP contribution in [-0.2, 0) is 15.3 Å². The van der Waals surface area contributed by atoms with Crippen molar-refractivity contribution in [1.82, 2.24) is 15.2 Å². The summed E-state index contributed by atoms with van der Waals surface area (Å²) in [5, 5.41) is 30.8. The van der Waals surface area contributed by atoms with E-state index in [1.54, 1.807) is 0 Å². The van der Waals surface area contributed by atoms with E-state index in [-0.39, 0.29) is 22.2 Å². The molecule has 0 bridgehead atoms. The molecular weight excluding hydrogens is 526 g/mol. The molecule has 38 heavy (non-hydrogen) atoms. The maximum absolute atomic E-state index is 13.3. The molecule has 10 nitrogen and oxygen atoms in total. The summed E-state index contributed by atoms with van der Waals surface area (Å²) in [7, 11) is 0. The number of ketones is 1. The zero-order valence-electron chi connectivity index (χ0n) is 19.8. The van der Waals surface area contributed by atoms with Crippen LogP contribution < -0.4 is 4.90 Å². The Balaban J connectivity index is 1.53. The summed E-state index contributed by atoms with van der Waals surface area (Å²) in [5.74, 6) is -1.52. The SMILES string of the molecule is Cc1ccc(CSc2nnc(N3C(=O)C(=O)C(=C(O)c4ccncc4)C3c3ccc([N+](=O)[O-])cc3)s2)cc1. The monoisotopic (exact) mass is 545 g/mol. The molecule has 1 unspecified atom stereocenters. The van der Waals surface area contributed by atoms with E-state index in [1.807, 2.05) is 31.2 Å². The van der Waals surface area contributed by atoms with Crippen LogP contribution in [0.5, 0.6) is 0 Å². The fraction of sp³-hybridized carbons (Fsp3) is 0.115. The molecule has 1 atom stereocenters. The van der Waals surface area contributed by atoms with Crippen molar-refractivity contribution in [2.75, 3.05) is 4.90 Å². The normalized spacial score (nSPS) is 16.7. The van der Waals surface area contributed by atoms with E-state index in [0.29, 0.717) is 21.2 Å². The second-order valence-electron chi connectivity index (χ2n) is 8.38. The van der Waals surface area contributed by atoms with Crippen molar-refractivity contribution in [2.24, 2.45) is 0 Å². The average Bonchev–Trinajstić information content (AvgIpc) is 3.50. The Labute approximate surface area is 224 Å². The Kier molecular flexibility index (Phi) is 6.99. The number of amides is 1. The third kappa shape index (κ3) is 4.91. The van der Waals surface area contributed by atoms with Crippen LogP contribution in [0.4, 0.5) is 10.8 Å². The summed E-state index contributed by atoms with van der Waals surface area (Å²) in [6, 6.07) is 15.5. The largest absolute Gasteiger partial charge is 0.507 e. The van der Waals surface area contributed by atoms with Crippen LogP contribution in [0.25, 0.3) is 5.76 Å². The zero-order valence-corrected chi connectivity index (χ0v) is 21.5. The van der Waals surface area contributed by atoms with Crippen LogP contribution in [0.1, 0.15) is 28.3 Å². The van der Waals surface area contributed by atoms with Gasteiger partial charge in [0.25, 0.3) is 11.5 Å². The standard InChI is InChI=1S/C26H19N5O5S2/c1-15-2-4-16(5-3-15)14-37-26-29-28-25(38-26)30-21(17-6-8-19(9-7-17)31(35)36)20(23(33)24(30)34)22(32)18-10-12-27-13-11-18/h2-13,21,32H,14H2,1H3. The van der Waals surface area contributed by atoms with Gasteiger partial charge in [0, 0.05) is 35.8 Å². The number of nitrogens with zero attached hydrogens (tertiary/aromatic N) is 5. The summed E-state index contributed by atoms with van der Waals surface area (Å²) in [5.41, 5.74) is 2.65. The number of non-ortho nitro benzene ring substituents is 1. The van der Waals surface area contributed by atoms with E-state index in [2.05, 4.69) is 15.2 Å². The van der Waals surface area contributed by atoms with Crippen LogP contribution in [-0.4, -0.2) is 36.9 Å². The molecule has 0 aliphatic carbocycles. The summed E-state index contributed by atoms with van der Waals surface area (Å²) in [6.45, 7) is 2.01. The quantitative estimate of drug-likeness (QED) is 0.0641. The Morgan fingerprint density at radius 2 is 1.74 bits per heavy atom. The summed E-state index contributed by atoms with van der Waals surface area (Å²) >= 11 is 2.59. The van der Waals surface area contributed by atoms with Gasteiger partial charge in [0.2, 0.25) is 5.13 Å². The lowest BCUT2D eigenvalue weighted by Crippen LogP contribution is -2.29. The summed E-state index contributed by atoms with van der Waals surface area (Å²) < 4.78 is 0.596. The van der Waals surface area contributed by atoms with E-state index >= 15 is 0 Å². The van der Waals surface area contributed by atoms with Crippen LogP contribution in [0.15, 0.2) is 83.0 Å². The molecule has 12 heteroatoms. The first-order chi connectivity index (χ1) is 18.3. The van der Waals surface area contributed by atoms with Crippen molar-refractivity contribution in [3.8, 4) is 0 Å². The average molecular weight is 546 g/mol. The predicted molar refractivity (Wildman–Crippen MR) is 143 cm³/mol. The first-order valence-electron chi connectivity index (χ1n) is 11.3. The van der Waals surface area contributed by atoms with E-state index in [0.717, 1.165) is 22.5 Å². The van der Waals surface area contributed by atoms with Gasteiger partial charge < -0.3 is 5.11 Å². The molecule has 1 aliphatic heterocycles. The molecule has 0 saturated carbocycles. The van der Waals surface area contributed by atoms with Crippen molar-refractivity contribution in [1.29, 1.82) is 0 Å². The number of hydrogen-bond donors (Lipinski definition) is 1. The minimum absolute atomic E-state index is 0.148. The first kappa shape index (κ1) is 25.2. The number of pyridine rings is 1. The first-order valence-corrected chi connectivity index (χ1v) is 13.1. The van der Waals surface area contributed by atoms with Crippen molar-refractivity contribution in [2.45, 2.75) is 23.1 Å². The van der Waals surface area contributed by atoms with Gasteiger partial charge in [-0.2, -0.15) is 0 Å². The molecule has 1 saturated heterocycles. The lowest BCUT2D eigenvalue weighted by atomic mass is 9.95. The van der Waals surface area contributed by atoms with E-state index < -0.39 is 22.7 Å². The number of anilines is 1. The number of aliphatic hydroxyl groups excluding tert-OH is 1. The molecule has 0 radical (unpaired) electrons. The molecule has 5 rings (SSSR count). The highest BCUT2D eigenvalue weighted by atomic mass is 32.2. The Morgan fingerprint density at radius 1 is 1.05 bits per heavy atom. The lowest BCUT2D eigenvalue weighted by molar-refractivity contribution is -0.384. The van der Waals surface area contributed by atoms with Gasteiger partial charge in [-0.05, 0) is 42.3 Å². The number of rotatable bonds is 7. The second-order valence-corrected chi connectivity index (χ2v) is 10.6. The molecule has 4 aromatic rings. The summed E-state index contributed by atoms with van der Waals surface area (Å²) in [4.78, 5) is 42.2. The Bertz CT molecular complexity index is 1550. The molecule has 2 aromatic heterocycles. The molecular formula is C26H19N5O5S2. The fourth-order valence-electron chi connectivity index (χ4n) is 3.98. The van der Waals surface area contributed by atoms with Gasteiger partial charge in [0.1, 0.15) is 5.76 Å². The number of aryl methyl sites for hydroxylation is 1. The second kappa shape index (κ2) is 10.5. The summed E-state index contributed by atoms with van der Waals surface area (Å²) in [6.07, 6.45) is 2.91. The molecule has 0 spiro atoms. The number of nitro benzene ring substituents is 1. The topological polar surface area (TPSA) is 139 Å². The fourth-order valence-corrected chi connectivity index (χ4v) is 5.80. The van der Waals surface area contributed by atoms with Crippen LogP contribution >= 0.6 is 23.1 Å². The minimum Gasteiger partial charge on any atom is -0.507 e. The van der Waals surface area contributed by atoms with Crippen molar-refractivity contribution < 1.29 is 19.6 Å². The van der Waals surface area contributed by atoms with E-state index in [9.17, 15) is 24.8 Å². The molecule has 2 aromatic carbocycles. The number of hydrogen-bond acceptors (Lipinski definition) is 10. The van der Waals surface area contributed by atoms with Crippen LogP contribution in [0.2, 0.25) is 0 Å². The number of benzene rings is 2. The lowest BCUT2D eigenvalue weighted by Gasteiger charge is -2.22. The minimum atomic E-state index is -1.06. The van der Waals surface area contributed by atoms with Gasteiger partial charge in [-0.1, -0.05) is 52.9 Å². The van der Waals surface area contributed by atoms with E-state index in [4.69, 9.17) is 0 Å². The van der Waals surface area contributed by atoms with Gasteiger partial charge in [-0.25, -0.2) is 0 Å². The van der Waals surface area contributed by atoms with Gasteiger partial charge in [0.15, 0.2) is 4.34 Å². The smallest absolute Gasteiger partial charge is 0.301 e. The van der Waals surface area contributed by atoms with Crippen molar-refractivity contribution in [3.05, 3.63) is 111 Å². The van der Waals surface area contributed by atoms with Crippen LogP contribution in [0, 0.1) is 17.0 Å². The number of thioether (sulfide) groups is 1. The Hall–Kier alpha value is -4.42. The number of aliphatic hydroxyl groups is 1. The third-order valence-electron chi connectivity index (χ3n) is 5.90. The molecule has 190 valence electrons. The van der Waals surface area contributed by atoms with Gasteiger partial charge in [-0.3, -0.25) is 29.6 Å². The highest BCUT2D eigenvalue weighted by Gasteiger charge is 2.48. The number of carbonyl (C=O) groups excluding carboxylic acids is 2. The van der Waals surface area contributed by atoms with Crippen molar-refractivity contribution in [3.63, 3.8) is 0 Å². The maximum atomic E-state index is 13.3. The number of nitro groups is 1. The molecule has 1 aliphatic rings. The highest BCUT2D eigenvalue weighted by Crippen LogP contribution is 2.44. The van der Waals surface area contributed by atoms with Crippen molar-refractivity contribution >= 4 is 51.4 Å². The van der Waals surface area contributed by atoms with Gasteiger partial charge in [0.05, 0.1) is 16.5 Å². The maximum Gasteiger partial charge on any atom is 0.301 e. The van der Waals surface area contributed by atoms with Gasteiger partial charge in [-0.15, -0.1) is 10.2 Å². The number of carbonyl (C=O) groups is 2.